The molecule has 0 aliphatic rings. The minimum Gasteiger partial charge on any atom is -0.480 e. The Morgan fingerprint density at radius 2 is 1.86 bits per heavy atom. The topological polar surface area (TPSA) is 66.4 Å². The predicted octanol–water partition coefficient (Wildman–Crippen LogP) is 2.62. The van der Waals surface area contributed by atoms with E-state index in [0.29, 0.717) is 12.0 Å². The molecule has 2 unspecified atom stereocenters. The van der Waals surface area contributed by atoms with Gasteiger partial charge in [0.25, 0.3) is 0 Å². The number of carboxylic acid groups (broad SMARTS) is 1. The van der Waals surface area contributed by atoms with Crippen LogP contribution in [0.4, 0.5) is 4.39 Å². The summed E-state index contributed by atoms with van der Waals surface area (Å²) in [5.74, 6) is -2.10. The standard InChI is InChI=1S/C16H22FNO3/c1-10(2)8-14(16(20)21)18-15(19)11(3)9-12-6-4-5-7-13(12)17/h4-7,10-11,14H,8-9H2,1-3H3,(H,18,19)(H,20,21). The van der Waals surface area contributed by atoms with E-state index in [1.165, 1.54) is 6.07 Å². The Hall–Kier alpha value is -1.91. The first-order valence-corrected chi connectivity index (χ1v) is 7.07. The van der Waals surface area contributed by atoms with E-state index in [4.69, 9.17) is 5.11 Å². The molecule has 0 saturated heterocycles. The van der Waals surface area contributed by atoms with Gasteiger partial charge in [-0.25, -0.2) is 9.18 Å². The molecule has 0 radical (unpaired) electrons. The summed E-state index contributed by atoms with van der Waals surface area (Å²) in [5.41, 5.74) is 0.455. The minimum absolute atomic E-state index is 0.160. The Kier molecular flexibility index (Phi) is 6.34. The molecule has 2 atom stereocenters. The third-order valence-electron chi connectivity index (χ3n) is 3.25. The van der Waals surface area contributed by atoms with Gasteiger partial charge in [0, 0.05) is 5.92 Å². The Morgan fingerprint density at radius 3 is 2.38 bits per heavy atom. The molecule has 0 aliphatic heterocycles. The minimum atomic E-state index is -1.05. The van der Waals surface area contributed by atoms with Crippen molar-refractivity contribution in [1.29, 1.82) is 0 Å². The van der Waals surface area contributed by atoms with E-state index < -0.39 is 17.9 Å². The fraction of sp³-hybridized carbons (Fsp3) is 0.500. The third-order valence-corrected chi connectivity index (χ3v) is 3.25. The van der Waals surface area contributed by atoms with E-state index in [1.807, 2.05) is 13.8 Å². The molecule has 2 N–H and O–H groups in total. The van der Waals surface area contributed by atoms with Crippen LogP contribution >= 0.6 is 0 Å². The van der Waals surface area contributed by atoms with Gasteiger partial charge in [-0.2, -0.15) is 0 Å². The van der Waals surface area contributed by atoms with E-state index in [-0.39, 0.29) is 24.1 Å². The van der Waals surface area contributed by atoms with E-state index in [2.05, 4.69) is 5.32 Å². The zero-order valence-corrected chi connectivity index (χ0v) is 12.6. The molecular formula is C16H22FNO3. The number of hydrogen-bond acceptors (Lipinski definition) is 2. The number of aliphatic carboxylic acids is 1. The van der Waals surface area contributed by atoms with Crippen molar-refractivity contribution in [3.8, 4) is 0 Å². The van der Waals surface area contributed by atoms with Crippen LogP contribution in [0.3, 0.4) is 0 Å². The number of carbonyl (C=O) groups excluding carboxylic acids is 1. The van der Waals surface area contributed by atoms with Crippen molar-refractivity contribution in [2.75, 3.05) is 0 Å². The fourth-order valence-corrected chi connectivity index (χ4v) is 2.09. The van der Waals surface area contributed by atoms with E-state index >= 15 is 0 Å². The Labute approximate surface area is 124 Å². The molecule has 1 aromatic rings. The van der Waals surface area contributed by atoms with Crippen LogP contribution in [0, 0.1) is 17.7 Å². The van der Waals surface area contributed by atoms with E-state index in [0.717, 1.165) is 0 Å². The maximum Gasteiger partial charge on any atom is 0.326 e. The number of carboxylic acids is 1. The number of hydrogen-bond donors (Lipinski definition) is 2. The number of benzene rings is 1. The molecule has 0 aromatic heterocycles. The van der Waals surface area contributed by atoms with Gasteiger partial charge >= 0.3 is 5.97 Å². The lowest BCUT2D eigenvalue weighted by Crippen LogP contribution is -2.44. The molecule has 0 aliphatic carbocycles. The molecule has 21 heavy (non-hydrogen) atoms. The number of rotatable bonds is 7. The lowest BCUT2D eigenvalue weighted by atomic mass is 9.98. The highest BCUT2D eigenvalue weighted by molar-refractivity contribution is 5.84. The summed E-state index contributed by atoms with van der Waals surface area (Å²) in [6.07, 6.45) is 0.611. The maximum atomic E-state index is 13.6. The summed E-state index contributed by atoms with van der Waals surface area (Å²) in [5, 5.41) is 11.6. The summed E-state index contributed by atoms with van der Waals surface area (Å²) >= 11 is 0. The SMILES string of the molecule is CC(C)CC(NC(=O)C(C)Cc1ccccc1F)C(=O)O. The molecule has 116 valence electrons. The molecule has 0 heterocycles. The van der Waals surface area contributed by atoms with Gasteiger partial charge in [-0.3, -0.25) is 4.79 Å². The van der Waals surface area contributed by atoms with Crippen LogP contribution < -0.4 is 5.32 Å². The van der Waals surface area contributed by atoms with E-state index in [1.54, 1.807) is 25.1 Å². The van der Waals surface area contributed by atoms with Gasteiger partial charge in [0.2, 0.25) is 5.91 Å². The summed E-state index contributed by atoms with van der Waals surface area (Å²) in [7, 11) is 0. The van der Waals surface area contributed by atoms with Gasteiger partial charge < -0.3 is 10.4 Å². The highest BCUT2D eigenvalue weighted by Crippen LogP contribution is 2.13. The molecule has 0 spiro atoms. The van der Waals surface area contributed by atoms with Crippen molar-refractivity contribution in [1.82, 2.24) is 5.32 Å². The van der Waals surface area contributed by atoms with Crippen LogP contribution in [-0.2, 0) is 16.0 Å². The molecule has 5 heteroatoms. The number of nitrogens with one attached hydrogen (secondary N) is 1. The molecular weight excluding hydrogens is 273 g/mol. The molecule has 0 saturated carbocycles. The largest absolute Gasteiger partial charge is 0.480 e. The van der Waals surface area contributed by atoms with Crippen LogP contribution in [0.25, 0.3) is 0 Å². The van der Waals surface area contributed by atoms with Gasteiger partial charge in [0.05, 0.1) is 0 Å². The Bertz CT molecular complexity index is 502. The summed E-state index contributed by atoms with van der Waals surface area (Å²) in [6.45, 7) is 5.45. The van der Waals surface area contributed by atoms with Crippen LogP contribution in [0.15, 0.2) is 24.3 Å². The molecule has 1 rings (SSSR count). The molecule has 1 amide bonds. The first-order valence-electron chi connectivity index (χ1n) is 7.07. The van der Waals surface area contributed by atoms with Crippen LogP contribution in [0.2, 0.25) is 0 Å². The number of halogens is 1. The van der Waals surface area contributed by atoms with E-state index in [9.17, 15) is 14.0 Å². The Balaban J connectivity index is 2.65. The molecule has 0 fully saturated rings. The van der Waals surface area contributed by atoms with Crippen molar-refractivity contribution in [2.24, 2.45) is 11.8 Å². The average Bonchev–Trinajstić information content (AvgIpc) is 2.39. The van der Waals surface area contributed by atoms with Crippen molar-refractivity contribution in [3.63, 3.8) is 0 Å². The second-order valence-corrected chi connectivity index (χ2v) is 5.73. The zero-order chi connectivity index (χ0) is 16.0. The monoisotopic (exact) mass is 295 g/mol. The Morgan fingerprint density at radius 1 is 1.24 bits per heavy atom. The van der Waals surface area contributed by atoms with Crippen LogP contribution in [0.5, 0.6) is 0 Å². The zero-order valence-electron chi connectivity index (χ0n) is 12.6. The number of amides is 1. The summed E-state index contributed by atoms with van der Waals surface area (Å²) in [4.78, 5) is 23.2. The third kappa shape index (κ3) is 5.53. The lowest BCUT2D eigenvalue weighted by molar-refractivity contribution is -0.142. The van der Waals surface area contributed by atoms with Crippen molar-refractivity contribution in [2.45, 2.75) is 39.7 Å². The summed E-state index contributed by atoms with van der Waals surface area (Å²) < 4.78 is 13.6. The van der Waals surface area contributed by atoms with Crippen molar-refractivity contribution in [3.05, 3.63) is 35.6 Å². The fourth-order valence-electron chi connectivity index (χ4n) is 2.09. The predicted molar refractivity (Wildman–Crippen MR) is 78.3 cm³/mol. The normalized spacial score (nSPS) is 13.8. The molecule has 0 bridgehead atoms. The van der Waals surface area contributed by atoms with Gasteiger partial charge in [0.1, 0.15) is 11.9 Å². The smallest absolute Gasteiger partial charge is 0.326 e. The molecule has 1 aromatic carbocycles. The van der Waals surface area contributed by atoms with Crippen molar-refractivity contribution < 1.29 is 19.1 Å². The van der Waals surface area contributed by atoms with Crippen molar-refractivity contribution >= 4 is 11.9 Å². The highest BCUT2D eigenvalue weighted by atomic mass is 19.1. The molecule has 4 nitrogen and oxygen atoms in total. The first kappa shape index (κ1) is 17.1. The lowest BCUT2D eigenvalue weighted by Gasteiger charge is -2.19. The van der Waals surface area contributed by atoms with Crippen LogP contribution in [0.1, 0.15) is 32.8 Å². The summed E-state index contributed by atoms with van der Waals surface area (Å²) in [6, 6.07) is 5.37. The van der Waals surface area contributed by atoms with Gasteiger partial charge in [-0.05, 0) is 30.4 Å². The van der Waals surface area contributed by atoms with Gasteiger partial charge in [-0.1, -0.05) is 39.0 Å². The first-order chi connectivity index (χ1) is 9.81. The number of carbonyl (C=O) groups is 2. The van der Waals surface area contributed by atoms with Gasteiger partial charge in [-0.15, -0.1) is 0 Å². The second kappa shape index (κ2) is 7.76. The average molecular weight is 295 g/mol. The van der Waals surface area contributed by atoms with Gasteiger partial charge in [0.15, 0.2) is 0 Å². The quantitative estimate of drug-likeness (QED) is 0.812. The highest BCUT2D eigenvalue weighted by Gasteiger charge is 2.24. The second-order valence-electron chi connectivity index (χ2n) is 5.73. The maximum absolute atomic E-state index is 13.6. The van der Waals surface area contributed by atoms with Crippen LogP contribution in [-0.4, -0.2) is 23.0 Å².